The van der Waals surface area contributed by atoms with E-state index < -0.39 is 0 Å². The first-order chi connectivity index (χ1) is 9.94. The van der Waals surface area contributed by atoms with Crippen LogP contribution in [0.1, 0.15) is 71.6 Å². The van der Waals surface area contributed by atoms with Gasteiger partial charge in [0.15, 0.2) is 0 Å². The van der Waals surface area contributed by atoms with Crippen LogP contribution in [-0.4, -0.2) is 22.4 Å². The standard InChI is InChI=1S/C19H32O2/c1-18-9-7-14-13(15(18)4-3-12(20)11-18)8-10-19(2)16(14)5-6-17(19)21/h12-17,20-21H,3-11H2,1-2H3/t12-,13+,14+,15+,16-,17-,18+,19-/m0/s1. The summed E-state index contributed by atoms with van der Waals surface area (Å²) in [6, 6.07) is 0. The molecule has 2 nitrogen and oxygen atoms in total. The van der Waals surface area contributed by atoms with Gasteiger partial charge in [-0.1, -0.05) is 13.8 Å². The summed E-state index contributed by atoms with van der Waals surface area (Å²) in [7, 11) is 0. The fraction of sp³-hybridized carbons (Fsp3) is 1.00. The number of hydrogen-bond donors (Lipinski definition) is 2. The maximum atomic E-state index is 10.5. The average molecular weight is 292 g/mol. The van der Waals surface area contributed by atoms with Crippen molar-refractivity contribution in [2.75, 3.05) is 0 Å². The molecule has 4 saturated carbocycles. The van der Waals surface area contributed by atoms with Gasteiger partial charge >= 0.3 is 0 Å². The molecule has 0 saturated heterocycles. The van der Waals surface area contributed by atoms with E-state index in [1.165, 1.54) is 38.5 Å². The Bertz CT molecular complexity index is 422. The predicted molar refractivity (Wildman–Crippen MR) is 83.7 cm³/mol. The van der Waals surface area contributed by atoms with E-state index in [1.807, 2.05) is 0 Å². The summed E-state index contributed by atoms with van der Waals surface area (Å²) >= 11 is 0. The van der Waals surface area contributed by atoms with E-state index in [0.29, 0.717) is 5.41 Å². The molecule has 21 heavy (non-hydrogen) atoms. The summed E-state index contributed by atoms with van der Waals surface area (Å²) in [5, 5.41) is 20.6. The van der Waals surface area contributed by atoms with Crippen LogP contribution in [0.2, 0.25) is 0 Å². The maximum absolute atomic E-state index is 10.5. The zero-order valence-corrected chi connectivity index (χ0v) is 13.7. The molecule has 0 bridgehead atoms. The minimum absolute atomic E-state index is 0.0510. The van der Waals surface area contributed by atoms with Gasteiger partial charge in [-0.15, -0.1) is 0 Å². The first-order valence-corrected chi connectivity index (χ1v) is 9.30. The van der Waals surface area contributed by atoms with E-state index >= 15 is 0 Å². The Labute approximate surface area is 129 Å². The van der Waals surface area contributed by atoms with Crippen LogP contribution < -0.4 is 0 Å². The lowest BCUT2D eigenvalue weighted by Crippen LogP contribution is -2.53. The molecule has 0 aromatic carbocycles. The van der Waals surface area contributed by atoms with Gasteiger partial charge in [-0.3, -0.25) is 0 Å². The highest BCUT2D eigenvalue weighted by atomic mass is 16.3. The lowest BCUT2D eigenvalue weighted by atomic mass is 9.46. The highest BCUT2D eigenvalue weighted by Gasteiger charge is 2.58. The first kappa shape index (κ1) is 14.5. The van der Waals surface area contributed by atoms with Crippen LogP contribution in [0, 0.1) is 34.5 Å². The molecule has 8 atom stereocenters. The smallest absolute Gasteiger partial charge is 0.0596 e. The molecule has 0 heterocycles. The normalized spacial score (nSPS) is 60.0. The zero-order valence-electron chi connectivity index (χ0n) is 13.7. The second-order valence-corrected chi connectivity index (χ2v) is 9.31. The van der Waals surface area contributed by atoms with Gasteiger partial charge in [0.05, 0.1) is 12.2 Å². The van der Waals surface area contributed by atoms with Gasteiger partial charge in [-0.25, -0.2) is 0 Å². The maximum Gasteiger partial charge on any atom is 0.0596 e. The van der Waals surface area contributed by atoms with Crippen LogP contribution in [0.5, 0.6) is 0 Å². The summed E-state index contributed by atoms with van der Waals surface area (Å²) < 4.78 is 0. The second kappa shape index (κ2) is 4.71. The molecule has 2 heteroatoms. The Morgan fingerprint density at radius 2 is 1.43 bits per heavy atom. The molecule has 0 aliphatic heterocycles. The second-order valence-electron chi connectivity index (χ2n) is 9.31. The van der Waals surface area contributed by atoms with E-state index in [9.17, 15) is 10.2 Å². The Kier molecular flexibility index (Phi) is 3.25. The Hall–Kier alpha value is -0.0800. The lowest BCUT2D eigenvalue weighted by Gasteiger charge is -2.59. The fourth-order valence-electron chi connectivity index (χ4n) is 7.23. The van der Waals surface area contributed by atoms with Crippen molar-refractivity contribution in [3.8, 4) is 0 Å². The lowest BCUT2D eigenvalue weighted by molar-refractivity contribution is -0.122. The molecule has 120 valence electrons. The van der Waals surface area contributed by atoms with Crippen molar-refractivity contribution in [3.63, 3.8) is 0 Å². The SMILES string of the molecule is C[C@]12CC[C@@H]3[C@@H](CC[C@]4(C)[C@@H](O)CC[C@@H]34)[C@H]1CC[C@H](O)C2. The summed E-state index contributed by atoms with van der Waals surface area (Å²) in [5.41, 5.74) is 0.604. The summed E-state index contributed by atoms with van der Waals surface area (Å²) in [4.78, 5) is 0. The predicted octanol–water partition coefficient (Wildman–Crippen LogP) is 3.75. The van der Waals surface area contributed by atoms with Gasteiger partial charge < -0.3 is 10.2 Å². The van der Waals surface area contributed by atoms with E-state index in [2.05, 4.69) is 13.8 Å². The third kappa shape index (κ3) is 1.97. The van der Waals surface area contributed by atoms with Crippen molar-refractivity contribution < 1.29 is 10.2 Å². The molecule has 0 aromatic heterocycles. The quantitative estimate of drug-likeness (QED) is 0.714. The summed E-state index contributed by atoms with van der Waals surface area (Å²) in [6.45, 7) is 4.82. The first-order valence-electron chi connectivity index (χ1n) is 9.30. The van der Waals surface area contributed by atoms with Gasteiger partial charge in [0, 0.05) is 0 Å². The van der Waals surface area contributed by atoms with Crippen molar-refractivity contribution >= 4 is 0 Å². The molecule has 4 aliphatic rings. The molecular weight excluding hydrogens is 260 g/mol. The third-order valence-corrected chi connectivity index (χ3v) is 8.42. The van der Waals surface area contributed by atoms with E-state index in [1.54, 1.807) is 0 Å². The van der Waals surface area contributed by atoms with Crippen LogP contribution in [0.15, 0.2) is 0 Å². The molecule has 0 spiro atoms. The number of rotatable bonds is 0. The van der Waals surface area contributed by atoms with Crippen LogP contribution in [0.25, 0.3) is 0 Å². The van der Waals surface area contributed by atoms with E-state index in [-0.39, 0.29) is 17.6 Å². The van der Waals surface area contributed by atoms with Crippen molar-refractivity contribution in [1.29, 1.82) is 0 Å². The minimum atomic E-state index is -0.0510. The number of fused-ring (bicyclic) bond motifs is 5. The summed E-state index contributed by atoms with van der Waals surface area (Å²) in [5.74, 6) is 3.33. The Balaban J connectivity index is 1.60. The van der Waals surface area contributed by atoms with Crippen LogP contribution in [0.4, 0.5) is 0 Å². The highest BCUT2D eigenvalue weighted by molar-refractivity contribution is 5.08. The molecule has 0 aromatic rings. The van der Waals surface area contributed by atoms with Gasteiger partial charge in [0.25, 0.3) is 0 Å². The molecule has 4 rings (SSSR count). The van der Waals surface area contributed by atoms with Crippen molar-refractivity contribution in [3.05, 3.63) is 0 Å². The number of hydrogen-bond acceptors (Lipinski definition) is 2. The highest BCUT2D eigenvalue weighted by Crippen LogP contribution is 2.65. The molecule has 4 aliphatic carbocycles. The largest absolute Gasteiger partial charge is 0.393 e. The van der Waals surface area contributed by atoms with Crippen LogP contribution in [0.3, 0.4) is 0 Å². The molecule has 0 amide bonds. The fourth-order valence-corrected chi connectivity index (χ4v) is 7.23. The van der Waals surface area contributed by atoms with Gasteiger partial charge in [0.1, 0.15) is 0 Å². The monoisotopic (exact) mass is 292 g/mol. The molecular formula is C19H32O2. The number of aliphatic hydroxyl groups excluding tert-OH is 2. The molecule has 0 radical (unpaired) electrons. The van der Waals surface area contributed by atoms with Gasteiger partial charge in [-0.2, -0.15) is 0 Å². The molecule has 2 N–H and O–H groups in total. The van der Waals surface area contributed by atoms with Gasteiger partial charge in [0.2, 0.25) is 0 Å². The van der Waals surface area contributed by atoms with Crippen molar-refractivity contribution in [2.45, 2.75) is 83.8 Å². The molecule has 4 fully saturated rings. The minimum Gasteiger partial charge on any atom is -0.393 e. The summed E-state index contributed by atoms with van der Waals surface area (Å²) in [6.07, 6.45) is 10.7. The Morgan fingerprint density at radius 3 is 2.24 bits per heavy atom. The Morgan fingerprint density at radius 1 is 0.762 bits per heavy atom. The average Bonchev–Trinajstić information content (AvgIpc) is 2.73. The van der Waals surface area contributed by atoms with Gasteiger partial charge in [-0.05, 0) is 92.3 Å². The topological polar surface area (TPSA) is 40.5 Å². The third-order valence-electron chi connectivity index (χ3n) is 8.42. The van der Waals surface area contributed by atoms with Crippen LogP contribution >= 0.6 is 0 Å². The van der Waals surface area contributed by atoms with Crippen LogP contribution in [-0.2, 0) is 0 Å². The molecule has 0 unspecified atom stereocenters. The van der Waals surface area contributed by atoms with E-state index in [0.717, 1.165) is 42.9 Å². The van der Waals surface area contributed by atoms with Crippen molar-refractivity contribution in [1.82, 2.24) is 0 Å². The van der Waals surface area contributed by atoms with Crippen molar-refractivity contribution in [2.24, 2.45) is 34.5 Å². The zero-order chi connectivity index (χ0) is 14.8. The number of aliphatic hydroxyl groups is 2. The van der Waals surface area contributed by atoms with E-state index in [4.69, 9.17) is 0 Å².